The standard InChI is InChI=1S/C19H24N2O3/c1-2-20-13-16(15-7-3-4-8-17(15)20)18(22)9-11-21-10-5-6-14(21)12-19(23)24/h3-4,7-8,13-14H,2,5-6,9-12H2,1H3,(H,23,24). The molecule has 1 aromatic heterocycles. The molecule has 5 heteroatoms. The number of hydrogen-bond donors (Lipinski definition) is 1. The van der Waals surface area contributed by atoms with E-state index in [0.29, 0.717) is 13.0 Å². The molecule has 1 fully saturated rings. The fourth-order valence-corrected chi connectivity index (χ4v) is 3.73. The van der Waals surface area contributed by atoms with Crippen LogP contribution in [0.4, 0.5) is 0 Å². The molecule has 1 saturated heterocycles. The summed E-state index contributed by atoms with van der Waals surface area (Å²) < 4.78 is 2.10. The Hall–Kier alpha value is -2.14. The molecule has 2 aromatic rings. The second kappa shape index (κ2) is 7.18. The van der Waals surface area contributed by atoms with Crippen molar-refractivity contribution in [2.75, 3.05) is 13.1 Å². The summed E-state index contributed by atoms with van der Waals surface area (Å²) >= 11 is 0. The number of ketones is 1. The van der Waals surface area contributed by atoms with Crippen LogP contribution in [-0.4, -0.2) is 45.5 Å². The first-order chi connectivity index (χ1) is 11.6. The molecule has 24 heavy (non-hydrogen) atoms. The molecule has 0 radical (unpaired) electrons. The molecule has 0 spiro atoms. The molecule has 1 aliphatic rings. The van der Waals surface area contributed by atoms with Gasteiger partial charge < -0.3 is 9.67 Å². The van der Waals surface area contributed by atoms with Crippen molar-refractivity contribution < 1.29 is 14.7 Å². The van der Waals surface area contributed by atoms with Gasteiger partial charge in [0.25, 0.3) is 0 Å². The van der Waals surface area contributed by atoms with Crippen LogP contribution >= 0.6 is 0 Å². The Labute approximate surface area is 141 Å². The lowest BCUT2D eigenvalue weighted by Crippen LogP contribution is -2.33. The van der Waals surface area contributed by atoms with Gasteiger partial charge in [0, 0.05) is 48.2 Å². The smallest absolute Gasteiger partial charge is 0.304 e. The first kappa shape index (κ1) is 16.7. The third-order valence-electron chi connectivity index (χ3n) is 4.97. The van der Waals surface area contributed by atoms with E-state index >= 15 is 0 Å². The van der Waals surface area contributed by atoms with E-state index in [-0.39, 0.29) is 18.2 Å². The number of nitrogens with zero attached hydrogens (tertiary/aromatic N) is 2. The summed E-state index contributed by atoms with van der Waals surface area (Å²) in [4.78, 5) is 25.8. The maximum Gasteiger partial charge on any atom is 0.304 e. The van der Waals surface area contributed by atoms with Gasteiger partial charge in [0.1, 0.15) is 0 Å². The van der Waals surface area contributed by atoms with E-state index in [1.807, 2.05) is 30.5 Å². The van der Waals surface area contributed by atoms with Crippen molar-refractivity contribution >= 4 is 22.7 Å². The van der Waals surface area contributed by atoms with E-state index < -0.39 is 5.97 Å². The van der Waals surface area contributed by atoms with Gasteiger partial charge in [-0.15, -0.1) is 0 Å². The third-order valence-corrected chi connectivity index (χ3v) is 4.97. The fourth-order valence-electron chi connectivity index (χ4n) is 3.73. The summed E-state index contributed by atoms with van der Waals surface area (Å²) in [6.07, 6.45) is 4.49. The number of aliphatic carboxylic acids is 1. The van der Waals surface area contributed by atoms with E-state index in [9.17, 15) is 9.59 Å². The number of carboxylic acid groups (broad SMARTS) is 1. The average molecular weight is 328 g/mol. The summed E-state index contributed by atoms with van der Waals surface area (Å²) in [6.45, 7) is 4.44. The van der Waals surface area contributed by atoms with E-state index in [1.165, 1.54) is 0 Å². The molecule has 0 amide bonds. The van der Waals surface area contributed by atoms with Gasteiger partial charge in [-0.1, -0.05) is 18.2 Å². The molecule has 1 N–H and O–H groups in total. The number of carbonyl (C=O) groups is 2. The minimum Gasteiger partial charge on any atom is -0.481 e. The van der Waals surface area contributed by atoms with E-state index in [2.05, 4.69) is 16.4 Å². The first-order valence-corrected chi connectivity index (χ1v) is 8.67. The normalized spacial score (nSPS) is 18.3. The number of likely N-dealkylation sites (tertiary alicyclic amines) is 1. The highest BCUT2D eigenvalue weighted by Gasteiger charge is 2.27. The number of fused-ring (bicyclic) bond motifs is 1. The molecular weight excluding hydrogens is 304 g/mol. The Morgan fingerprint density at radius 2 is 2.08 bits per heavy atom. The molecule has 0 saturated carbocycles. The molecule has 1 atom stereocenters. The highest BCUT2D eigenvalue weighted by molar-refractivity contribution is 6.08. The summed E-state index contributed by atoms with van der Waals surface area (Å²) in [5, 5.41) is 10.0. The molecule has 2 heterocycles. The van der Waals surface area contributed by atoms with Gasteiger partial charge in [-0.2, -0.15) is 0 Å². The van der Waals surface area contributed by atoms with E-state index in [1.54, 1.807) is 0 Å². The Balaban J connectivity index is 1.70. The second-order valence-electron chi connectivity index (χ2n) is 6.45. The number of carbonyl (C=O) groups excluding carboxylic acids is 1. The number of para-hydroxylation sites is 1. The number of aryl methyl sites for hydroxylation is 1. The molecule has 1 unspecified atom stereocenters. The van der Waals surface area contributed by atoms with Crippen molar-refractivity contribution in [3.63, 3.8) is 0 Å². The average Bonchev–Trinajstić information content (AvgIpc) is 3.16. The molecule has 128 valence electrons. The number of carboxylic acids is 1. The van der Waals surface area contributed by atoms with Crippen molar-refractivity contribution in [3.05, 3.63) is 36.0 Å². The van der Waals surface area contributed by atoms with Crippen LogP contribution in [-0.2, 0) is 11.3 Å². The lowest BCUT2D eigenvalue weighted by molar-refractivity contribution is -0.138. The predicted octanol–water partition coefficient (Wildman–Crippen LogP) is 3.17. The largest absolute Gasteiger partial charge is 0.481 e. The van der Waals surface area contributed by atoms with Crippen LogP contribution in [0, 0.1) is 0 Å². The van der Waals surface area contributed by atoms with Gasteiger partial charge in [0.15, 0.2) is 5.78 Å². The number of rotatable bonds is 7. The molecule has 0 bridgehead atoms. The molecule has 5 nitrogen and oxygen atoms in total. The van der Waals surface area contributed by atoms with Gasteiger partial charge in [-0.25, -0.2) is 0 Å². The number of hydrogen-bond acceptors (Lipinski definition) is 3. The summed E-state index contributed by atoms with van der Waals surface area (Å²) in [6, 6.07) is 8.07. The van der Waals surface area contributed by atoms with Crippen molar-refractivity contribution in [3.8, 4) is 0 Å². The minimum atomic E-state index is -0.760. The number of Topliss-reactive ketones (excluding diaryl/α,β-unsaturated/α-hetero) is 1. The van der Waals surface area contributed by atoms with Crippen molar-refractivity contribution in [2.24, 2.45) is 0 Å². The van der Waals surface area contributed by atoms with Crippen molar-refractivity contribution in [1.29, 1.82) is 0 Å². The van der Waals surface area contributed by atoms with Crippen LogP contribution in [0.1, 0.15) is 43.0 Å². The zero-order valence-corrected chi connectivity index (χ0v) is 14.1. The lowest BCUT2D eigenvalue weighted by atomic mass is 10.1. The highest BCUT2D eigenvalue weighted by Crippen LogP contribution is 2.24. The van der Waals surface area contributed by atoms with Gasteiger partial charge in [-0.05, 0) is 32.4 Å². The maximum absolute atomic E-state index is 12.7. The zero-order valence-electron chi connectivity index (χ0n) is 14.1. The van der Waals surface area contributed by atoms with Crippen LogP contribution in [0.3, 0.4) is 0 Å². The monoisotopic (exact) mass is 328 g/mol. The minimum absolute atomic E-state index is 0.0762. The number of benzene rings is 1. The van der Waals surface area contributed by atoms with Crippen LogP contribution in [0.25, 0.3) is 10.9 Å². The summed E-state index contributed by atoms with van der Waals surface area (Å²) in [5.41, 5.74) is 1.87. The predicted molar refractivity (Wildman–Crippen MR) is 93.4 cm³/mol. The molecule has 0 aliphatic carbocycles. The summed E-state index contributed by atoms with van der Waals surface area (Å²) in [5.74, 6) is -0.622. The van der Waals surface area contributed by atoms with Gasteiger partial charge in [-0.3, -0.25) is 14.5 Å². The third kappa shape index (κ3) is 3.36. The van der Waals surface area contributed by atoms with Crippen LogP contribution in [0.5, 0.6) is 0 Å². The second-order valence-corrected chi connectivity index (χ2v) is 6.45. The van der Waals surface area contributed by atoms with Crippen LogP contribution in [0.2, 0.25) is 0 Å². The van der Waals surface area contributed by atoms with E-state index in [0.717, 1.165) is 42.4 Å². The SMILES string of the molecule is CCn1cc(C(=O)CCN2CCCC2CC(=O)O)c2ccccc21. The molecule has 1 aliphatic heterocycles. The van der Waals surface area contributed by atoms with Gasteiger partial charge in [0.2, 0.25) is 0 Å². The Bertz CT molecular complexity index is 750. The van der Waals surface area contributed by atoms with Crippen LogP contribution in [0.15, 0.2) is 30.5 Å². The molecule has 3 rings (SSSR count). The molecular formula is C19H24N2O3. The topological polar surface area (TPSA) is 62.5 Å². The Morgan fingerprint density at radius 1 is 1.29 bits per heavy atom. The Kier molecular flexibility index (Phi) is 5.00. The first-order valence-electron chi connectivity index (χ1n) is 8.67. The number of aromatic nitrogens is 1. The highest BCUT2D eigenvalue weighted by atomic mass is 16.4. The van der Waals surface area contributed by atoms with Crippen LogP contribution < -0.4 is 0 Å². The van der Waals surface area contributed by atoms with Gasteiger partial charge >= 0.3 is 5.97 Å². The van der Waals surface area contributed by atoms with Gasteiger partial charge in [0.05, 0.1) is 6.42 Å². The lowest BCUT2D eigenvalue weighted by Gasteiger charge is -2.22. The van der Waals surface area contributed by atoms with Crippen molar-refractivity contribution in [1.82, 2.24) is 9.47 Å². The maximum atomic E-state index is 12.7. The molecule has 1 aromatic carbocycles. The van der Waals surface area contributed by atoms with Crippen molar-refractivity contribution in [2.45, 2.75) is 45.2 Å². The fraction of sp³-hybridized carbons (Fsp3) is 0.474. The Morgan fingerprint density at radius 3 is 2.83 bits per heavy atom. The summed E-state index contributed by atoms with van der Waals surface area (Å²) in [7, 11) is 0. The quantitative estimate of drug-likeness (QED) is 0.793. The zero-order chi connectivity index (χ0) is 17.1. The van der Waals surface area contributed by atoms with E-state index in [4.69, 9.17) is 5.11 Å².